The summed E-state index contributed by atoms with van der Waals surface area (Å²) in [5.74, 6) is -0.965. The van der Waals surface area contributed by atoms with Crippen LogP contribution in [0.15, 0.2) is 60.8 Å². The average molecular weight is 881 g/mol. The molecule has 0 aromatic carbocycles. The topological polar surface area (TPSA) is 149 Å². The number of ether oxygens (including phenoxy) is 2. The van der Waals surface area contributed by atoms with Crippen molar-refractivity contribution in [2.45, 2.75) is 219 Å². The van der Waals surface area contributed by atoms with Crippen molar-refractivity contribution in [1.29, 1.82) is 0 Å². The molecule has 61 heavy (non-hydrogen) atoms. The fraction of sp³-hybridized carbons (Fsp3) is 0.760. The van der Waals surface area contributed by atoms with E-state index < -0.39 is 51.8 Å². The third kappa shape index (κ3) is 45.5. The van der Waals surface area contributed by atoms with Gasteiger partial charge in [-0.25, -0.2) is 4.57 Å². The van der Waals surface area contributed by atoms with E-state index >= 15 is 0 Å². The Morgan fingerprint density at radius 1 is 0.492 bits per heavy atom. The quantitative estimate of drug-likeness (QED) is 0.0233. The van der Waals surface area contributed by atoms with Gasteiger partial charge in [-0.2, -0.15) is 0 Å². The molecule has 0 aromatic rings. The molecular weight excluding hydrogens is 792 g/mol. The third-order valence-electron chi connectivity index (χ3n) is 10.1. The van der Waals surface area contributed by atoms with Gasteiger partial charge in [0.25, 0.3) is 0 Å². The number of hydrogen-bond acceptors (Lipinski definition) is 9. The Bertz CT molecular complexity index is 1200. The van der Waals surface area contributed by atoms with Crippen LogP contribution in [-0.4, -0.2) is 65.7 Å². The summed E-state index contributed by atoms with van der Waals surface area (Å²) in [6, 6.07) is 0. The number of aliphatic hydroxyl groups is 2. The van der Waals surface area contributed by atoms with E-state index in [0.717, 1.165) is 64.2 Å². The molecule has 0 aliphatic rings. The molecule has 3 N–H and O–H groups in total. The summed E-state index contributed by atoms with van der Waals surface area (Å²) in [6.07, 6.45) is 51.8. The number of allylic oxidation sites excluding steroid dienone is 10. The maximum Gasteiger partial charge on any atom is 0.472 e. The highest BCUT2D eigenvalue weighted by Crippen LogP contribution is 2.43. The van der Waals surface area contributed by atoms with Gasteiger partial charge in [0.15, 0.2) is 6.10 Å². The third-order valence-corrected chi connectivity index (χ3v) is 11.1. The number of phosphoric acid groups is 1. The summed E-state index contributed by atoms with van der Waals surface area (Å²) in [4.78, 5) is 35.1. The predicted molar refractivity (Wildman–Crippen MR) is 251 cm³/mol. The fourth-order valence-electron chi connectivity index (χ4n) is 6.38. The van der Waals surface area contributed by atoms with E-state index in [9.17, 15) is 24.2 Å². The number of carbonyl (C=O) groups excluding carboxylic acids is 2. The Labute approximate surface area is 372 Å². The predicted octanol–water partition coefficient (Wildman–Crippen LogP) is 13.5. The van der Waals surface area contributed by atoms with Crippen LogP contribution in [0.4, 0.5) is 0 Å². The van der Waals surface area contributed by atoms with Crippen molar-refractivity contribution in [3.8, 4) is 0 Å². The Kier molecular flexibility index (Phi) is 43.9. The van der Waals surface area contributed by atoms with Crippen LogP contribution >= 0.6 is 7.82 Å². The maximum absolute atomic E-state index is 12.7. The molecular formula is C50H89O10P. The highest BCUT2D eigenvalue weighted by atomic mass is 31.2. The van der Waals surface area contributed by atoms with Crippen LogP contribution in [0.2, 0.25) is 0 Å². The lowest BCUT2D eigenvalue weighted by Gasteiger charge is -2.20. The van der Waals surface area contributed by atoms with Crippen LogP contribution in [0.25, 0.3) is 0 Å². The van der Waals surface area contributed by atoms with E-state index in [1.165, 1.54) is 103 Å². The van der Waals surface area contributed by atoms with E-state index in [-0.39, 0.29) is 19.4 Å². The monoisotopic (exact) mass is 881 g/mol. The molecule has 0 radical (unpaired) electrons. The van der Waals surface area contributed by atoms with Gasteiger partial charge < -0.3 is 24.6 Å². The molecule has 0 saturated heterocycles. The second-order valence-corrected chi connectivity index (χ2v) is 17.6. The zero-order chi connectivity index (χ0) is 44.8. The van der Waals surface area contributed by atoms with Gasteiger partial charge in [0.2, 0.25) is 0 Å². The van der Waals surface area contributed by atoms with Gasteiger partial charge in [-0.1, -0.05) is 171 Å². The van der Waals surface area contributed by atoms with Crippen LogP contribution < -0.4 is 0 Å². The molecule has 0 amide bonds. The Morgan fingerprint density at radius 3 is 1.34 bits per heavy atom. The molecule has 0 rings (SSSR count). The number of carbonyl (C=O) groups is 2. The normalized spacial score (nSPS) is 14.2. The van der Waals surface area contributed by atoms with Crippen LogP contribution in [0.1, 0.15) is 206 Å². The first kappa shape index (κ1) is 58.7. The summed E-state index contributed by atoms with van der Waals surface area (Å²) in [5, 5.41) is 18.4. The Balaban J connectivity index is 4.30. The molecule has 0 aliphatic carbocycles. The lowest BCUT2D eigenvalue weighted by atomic mass is 10.1. The SMILES string of the molecule is CCCCC/C=C\C/C=C\C/C=C\C/C=C\CCCCCC(=O)OC[C@H](COP(=O)(O)OC[C@@H](O)CO)OC(=O)CCCCCCCCC/C=C\CCCCCCCCCC. The highest BCUT2D eigenvalue weighted by Gasteiger charge is 2.27. The first-order chi connectivity index (χ1) is 29.7. The van der Waals surface area contributed by atoms with Crippen molar-refractivity contribution >= 4 is 19.8 Å². The number of hydrogen-bond donors (Lipinski definition) is 3. The number of esters is 2. The summed E-state index contributed by atoms with van der Waals surface area (Å²) in [6.45, 7) is 2.32. The van der Waals surface area contributed by atoms with Gasteiger partial charge in [-0.3, -0.25) is 18.6 Å². The number of phosphoric ester groups is 1. The molecule has 0 aliphatic heterocycles. The Hall–Kier alpha value is -2.33. The van der Waals surface area contributed by atoms with Crippen LogP contribution in [0.5, 0.6) is 0 Å². The molecule has 11 heteroatoms. The largest absolute Gasteiger partial charge is 0.472 e. The van der Waals surface area contributed by atoms with Gasteiger partial charge in [-0.15, -0.1) is 0 Å². The first-order valence-electron chi connectivity index (χ1n) is 24.2. The number of aliphatic hydroxyl groups excluding tert-OH is 2. The van der Waals surface area contributed by atoms with Crippen LogP contribution in [0.3, 0.4) is 0 Å². The second kappa shape index (κ2) is 45.7. The van der Waals surface area contributed by atoms with Gasteiger partial charge >= 0.3 is 19.8 Å². The zero-order valence-electron chi connectivity index (χ0n) is 38.6. The molecule has 0 fully saturated rings. The van der Waals surface area contributed by atoms with Gasteiger partial charge in [-0.05, 0) is 83.5 Å². The minimum atomic E-state index is -4.63. The number of unbranched alkanes of at least 4 members (excludes halogenated alkanes) is 21. The van der Waals surface area contributed by atoms with Crippen molar-refractivity contribution in [2.24, 2.45) is 0 Å². The van der Waals surface area contributed by atoms with Crippen molar-refractivity contribution in [3.63, 3.8) is 0 Å². The van der Waals surface area contributed by atoms with Crippen molar-refractivity contribution in [1.82, 2.24) is 0 Å². The van der Waals surface area contributed by atoms with Gasteiger partial charge in [0.1, 0.15) is 12.7 Å². The molecule has 0 aromatic heterocycles. The molecule has 0 saturated carbocycles. The first-order valence-corrected chi connectivity index (χ1v) is 25.7. The van der Waals surface area contributed by atoms with Crippen molar-refractivity contribution in [3.05, 3.63) is 60.8 Å². The minimum Gasteiger partial charge on any atom is -0.462 e. The molecule has 3 atom stereocenters. The highest BCUT2D eigenvalue weighted by molar-refractivity contribution is 7.47. The summed E-state index contributed by atoms with van der Waals surface area (Å²) < 4.78 is 32.8. The fourth-order valence-corrected chi connectivity index (χ4v) is 7.17. The summed E-state index contributed by atoms with van der Waals surface area (Å²) in [5.41, 5.74) is 0. The molecule has 10 nitrogen and oxygen atoms in total. The van der Waals surface area contributed by atoms with Gasteiger partial charge in [0.05, 0.1) is 19.8 Å². The van der Waals surface area contributed by atoms with Gasteiger partial charge in [0, 0.05) is 12.8 Å². The summed E-state index contributed by atoms with van der Waals surface area (Å²) >= 11 is 0. The standard InChI is InChI=1S/C50H89O10P/c1-3-5-7-9-11-13-15-17-19-21-23-25-27-29-31-33-35-37-39-41-49(53)57-45-48(46-59-61(55,56)58-44-47(52)43-51)60-50(54)42-40-38-36-34-32-30-28-26-24-22-20-18-16-14-12-10-8-6-4-2/h11,13,17,19,22-25,29,31,47-48,51-52H,3-10,12,14-16,18,20-21,26-28,30,32-46H2,1-2H3,(H,55,56)/b13-11-,19-17-,24-22-,25-23-,31-29-/t47-,48+/m0/s1. The van der Waals surface area contributed by atoms with Crippen molar-refractivity contribution in [2.75, 3.05) is 26.4 Å². The van der Waals surface area contributed by atoms with E-state index in [1.54, 1.807) is 0 Å². The lowest BCUT2D eigenvalue weighted by Crippen LogP contribution is -2.29. The van der Waals surface area contributed by atoms with E-state index in [4.69, 9.17) is 23.6 Å². The molecule has 354 valence electrons. The Morgan fingerprint density at radius 2 is 0.852 bits per heavy atom. The van der Waals surface area contributed by atoms with E-state index in [2.05, 4.69) is 74.6 Å². The summed E-state index contributed by atoms with van der Waals surface area (Å²) in [7, 11) is -4.63. The zero-order valence-corrected chi connectivity index (χ0v) is 39.5. The van der Waals surface area contributed by atoms with E-state index in [1.807, 2.05) is 0 Å². The molecule has 0 bridgehead atoms. The molecule has 1 unspecified atom stereocenters. The molecule has 0 spiro atoms. The second-order valence-electron chi connectivity index (χ2n) is 16.1. The number of rotatable bonds is 45. The van der Waals surface area contributed by atoms with Crippen LogP contribution in [-0.2, 0) is 32.7 Å². The van der Waals surface area contributed by atoms with Crippen molar-refractivity contribution < 1.29 is 47.8 Å². The van der Waals surface area contributed by atoms with Crippen LogP contribution in [0, 0.1) is 0 Å². The lowest BCUT2D eigenvalue weighted by molar-refractivity contribution is -0.161. The smallest absolute Gasteiger partial charge is 0.462 e. The maximum atomic E-state index is 12.7. The van der Waals surface area contributed by atoms with E-state index in [0.29, 0.717) is 12.8 Å². The average Bonchev–Trinajstić information content (AvgIpc) is 3.25. The molecule has 0 heterocycles. The minimum absolute atomic E-state index is 0.170.